The molecule has 0 bridgehead atoms. The fourth-order valence-corrected chi connectivity index (χ4v) is 3.73. The second-order valence-corrected chi connectivity index (χ2v) is 7.26. The zero-order chi connectivity index (χ0) is 13.1. The van der Waals surface area contributed by atoms with Gasteiger partial charge in [0.15, 0.2) is 0 Å². The fourth-order valence-electron chi connectivity index (χ4n) is 3.24. The van der Waals surface area contributed by atoms with E-state index < -0.39 is 10.1 Å². The molecular formula is C12H26NO3S+. The van der Waals surface area contributed by atoms with E-state index in [0.717, 1.165) is 36.0 Å². The minimum absolute atomic E-state index is 0.103. The monoisotopic (exact) mass is 264 g/mol. The Morgan fingerprint density at radius 1 is 1.18 bits per heavy atom. The first-order valence-electron chi connectivity index (χ1n) is 6.58. The van der Waals surface area contributed by atoms with Crippen molar-refractivity contribution in [2.24, 2.45) is 11.8 Å². The van der Waals surface area contributed by atoms with Gasteiger partial charge in [-0.2, -0.15) is 8.42 Å². The number of hydrogen-bond acceptors (Lipinski definition) is 2. The predicted molar refractivity (Wildman–Crippen MR) is 69.4 cm³/mol. The summed E-state index contributed by atoms with van der Waals surface area (Å²) in [6.07, 6.45) is 2.98. The molecule has 0 aromatic heterocycles. The molecule has 5 heteroatoms. The Bertz CT molecular complexity index is 328. The maximum Gasteiger partial charge on any atom is 0.265 e. The molecule has 102 valence electrons. The smallest absolute Gasteiger partial charge is 0.265 e. The summed E-state index contributed by atoms with van der Waals surface area (Å²) in [5.74, 6) is 1.44. The molecule has 0 saturated carbocycles. The zero-order valence-electron chi connectivity index (χ0n) is 11.2. The quantitative estimate of drug-likeness (QED) is 0.587. The number of nitrogens with zero attached hydrogens (tertiary/aromatic N) is 1. The summed E-state index contributed by atoms with van der Waals surface area (Å²) in [4.78, 5) is 0. The van der Waals surface area contributed by atoms with Gasteiger partial charge in [0.25, 0.3) is 10.1 Å². The maximum absolute atomic E-state index is 10.7. The molecule has 1 heterocycles. The summed E-state index contributed by atoms with van der Waals surface area (Å²) in [7, 11) is -1.58. The number of rotatable bonds is 6. The summed E-state index contributed by atoms with van der Waals surface area (Å²) < 4.78 is 31.1. The van der Waals surface area contributed by atoms with Crippen LogP contribution in [-0.4, -0.2) is 49.9 Å². The first-order chi connectivity index (χ1) is 7.79. The largest absolute Gasteiger partial charge is 0.326 e. The molecule has 0 aromatic carbocycles. The van der Waals surface area contributed by atoms with Gasteiger partial charge >= 0.3 is 0 Å². The van der Waals surface area contributed by atoms with Gasteiger partial charge in [0, 0.05) is 18.3 Å². The third-order valence-electron chi connectivity index (χ3n) is 4.17. The molecule has 4 nitrogen and oxygen atoms in total. The van der Waals surface area contributed by atoms with Gasteiger partial charge in [-0.25, -0.2) is 0 Å². The van der Waals surface area contributed by atoms with Gasteiger partial charge in [0.05, 0.1) is 32.4 Å². The molecule has 2 atom stereocenters. The number of likely N-dealkylation sites (tertiary alicyclic amines) is 1. The second-order valence-electron chi connectivity index (χ2n) is 5.68. The van der Waals surface area contributed by atoms with Crippen molar-refractivity contribution in [1.82, 2.24) is 0 Å². The highest BCUT2D eigenvalue weighted by Gasteiger charge is 2.40. The lowest BCUT2D eigenvalue weighted by Crippen LogP contribution is -2.43. The second kappa shape index (κ2) is 5.67. The Labute approximate surface area is 105 Å². The first-order valence-corrected chi connectivity index (χ1v) is 8.19. The fraction of sp³-hybridized carbons (Fsp3) is 1.00. The van der Waals surface area contributed by atoms with Crippen LogP contribution in [0.2, 0.25) is 0 Å². The Kier molecular flexibility index (Phi) is 4.98. The summed E-state index contributed by atoms with van der Waals surface area (Å²) in [5, 5.41) is 0. The van der Waals surface area contributed by atoms with E-state index in [1.807, 2.05) is 0 Å². The zero-order valence-corrected chi connectivity index (χ0v) is 12.0. The molecule has 1 aliphatic rings. The molecule has 1 aliphatic heterocycles. The van der Waals surface area contributed by atoms with Crippen LogP contribution in [0.3, 0.4) is 0 Å². The van der Waals surface area contributed by atoms with Crippen molar-refractivity contribution in [3.05, 3.63) is 0 Å². The molecule has 1 N–H and O–H groups in total. The van der Waals surface area contributed by atoms with Crippen molar-refractivity contribution in [2.45, 2.75) is 33.1 Å². The molecule has 0 amide bonds. The van der Waals surface area contributed by atoms with Crippen LogP contribution < -0.4 is 0 Å². The Morgan fingerprint density at radius 3 is 2.00 bits per heavy atom. The lowest BCUT2D eigenvalue weighted by atomic mass is 9.92. The Balaban J connectivity index is 2.48. The molecule has 0 radical (unpaired) electrons. The van der Waals surface area contributed by atoms with Gasteiger partial charge in [-0.05, 0) is 12.8 Å². The average Bonchev–Trinajstić information content (AvgIpc) is 2.53. The molecule has 17 heavy (non-hydrogen) atoms. The van der Waals surface area contributed by atoms with Gasteiger partial charge in [-0.15, -0.1) is 0 Å². The third-order valence-corrected chi connectivity index (χ3v) is 4.97. The number of quaternary nitrogens is 1. The van der Waals surface area contributed by atoms with Crippen molar-refractivity contribution in [3.63, 3.8) is 0 Å². The van der Waals surface area contributed by atoms with Crippen LogP contribution >= 0.6 is 0 Å². The van der Waals surface area contributed by atoms with Crippen LogP contribution in [0.25, 0.3) is 0 Å². The Hall–Kier alpha value is -0.130. The maximum atomic E-state index is 10.7. The highest BCUT2D eigenvalue weighted by molar-refractivity contribution is 7.85. The lowest BCUT2D eigenvalue weighted by molar-refractivity contribution is -0.900. The molecule has 1 rings (SSSR count). The first kappa shape index (κ1) is 14.9. The van der Waals surface area contributed by atoms with E-state index in [4.69, 9.17) is 4.55 Å². The van der Waals surface area contributed by atoms with Crippen LogP contribution in [0.15, 0.2) is 0 Å². The van der Waals surface area contributed by atoms with E-state index in [1.165, 1.54) is 12.8 Å². The molecular weight excluding hydrogens is 238 g/mol. The van der Waals surface area contributed by atoms with Crippen LogP contribution in [0, 0.1) is 11.8 Å². The van der Waals surface area contributed by atoms with E-state index >= 15 is 0 Å². The van der Waals surface area contributed by atoms with Crippen molar-refractivity contribution < 1.29 is 17.5 Å². The minimum atomic E-state index is -3.79. The van der Waals surface area contributed by atoms with Crippen LogP contribution in [0.1, 0.15) is 33.1 Å². The highest BCUT2D eigenvalue weighted by atomic mass is 32.2. The summed E-state index contributed by atoms with van der Waals surface area (Å²) in [5.41, 5.74) is 0. The van der Waals surface area contributed by atoms with Gasteiger partial charge in [0.2, 0.25) is 0 Å². The molecule has 1 saturated heterocycles. The summed E-state index contributed by atoms with van der Waals surface area (Å²) >= 11 is 0. The summed E-state index contributed by atoms with van der Waals surface area (Å²) in [6.45, 7) is 7.64. The van der Waals surface area contributed by atoms with Gasteiger partial charge in [-0.3, -0.25) is 4.55 Å². The van der Waals surface area contributed by atoms with E-state index in [1.54, 1.807) is 0 Å². The van der Waals surface area contributed by atoms with E-state index in [0.29, 0.717) is 6.42 Å². The van der Waals surface area contributed by atoms with E-state index in [-0.39, 0.29) is 5.75 Å². The molecule has 2 unspecified atom stereocenters. The molecule has 0 aliphatic carbocycles. The normalized spacial score (nSPS) is 34.1. The van der Waals surface area contributed by atoms with Gasteiger partial charge in [-0.1, -0.05) is 13.8 Å². The van der Waals surface area contributed by atoms with Gasteiger partial charge < -0.3 is 4.48 Å². The van der Waals surface area contributed by atoms with Crippen molar-refractivity contribution in [3.8, 4) is 0 Å². The number of hydrogen-bond donors (Lipinski definition) is 1. The minimum Gasteiger partial charge on any atom is -0.326 e. The highest BCUT2D eigenvalue weighted by Crippen LogP contribution is 2.32. The summed E-state index contributed by atoms with van der Waals surface area (Å²) in [6, 6.07) is 0. The van der Waals surface area contributed by atoms with Crippen molar-refractivity contribution >= 4 is 10.1 Å². The lowest BCUT2D eigenvalue weighted by Gasteiger charge is -2.29. The van der Waals surface area contributed by atoms with Crippen LogP contribution in [0.4, 0.5) is 0 Å². The van der Waals surface area contributed by atoms with Crippen LogP contribution in [-0.2, 0) is 10.1 Å². The third kappa shape index (κ3) is 4.56. The van der Waals surface area contributed by atoms with Crippen LogP contribution in [0.5, 0.6) is 0 Å². The van der Waals surface area contributed by atoms with E-state index in [2.05, 4.69) is 20.9 Å². The molecule has 1 fully saturated rings. The van der Waals surface area contributed by atoms with E-state index in [9.17, 15) is 8.42 Å². The van der Waals surface area contributed by atoms with Gasteiger partial charge in [0.1, 0.15) is 0 Å². The van der Waals surface area contributed by atoms with Crippen molar-refractivity contribution in [1.29, 1.82) is 0 Å². The Morgan fingerprint density at radius 2 is 1.65 bits per heavy atom. The molecule has 0 aromatic rings. The topological polar surface area (TPSA) is 54.4 Å². The molecule has 0 spiro atoms. The van der Waals surface area contributed by atoms with Crippen molar-refractivity contribution in [2.75, 3.05) is 32.4 Å². The SMILES string of the molecule is CCC1C[N+](C)(CCCS(=O)(=O)O)CC1CC. The standard InChI is InChI=1S/C12H25NO3S/c1-4-11-9-13(3,10-12(11)5-2)7-6-8-17(14,15)16/h11-12H,4-10H2,1-3H3/p+1. The average molecular weight is 264 g/mol. The predicted octanol–water partition coefficient (Wildman–Crippen LogP) is 1.78.